The molecule has 2 aromatic rings. The molecule has 1 N–H and O–H groups in total. The van der Waals surface area contributed by atoms with Gasteiger partial charge < -0.3 is 14.4 Å². The lowest BCUT2D eigenvalue weighted by Gasteiger charge is -2.39. The standard InChI is InChI=1S/C16H20N2O3S/c1-12-4-2-3-5-13(12)6-15-17-14(18-21-15)7-22-11-16(8-19)9-20-10-16/h2-5,19H,6-11H2,1H3. The number of benzene rings is 1. The number of thioether (sulfide) groups is 1. The summed E-state index contributed by atoms with van der Waals surface area (Å²) in [5.74, 6) is 2.90. The van der Waals surface area contributed by atoms with Gasteiger partial charge in [-0.15, -0.1) is 0 Å². The summed E-state index contributed by atoms with van der Waals surface area (Å²) in [5.41, 5.74) is 2.36. The lowest BCUT2D eigenvalue weighted by Crippen LogP contribution is -2.47. The fourth-order valence-corrected chi connectivity index (χ4v) is 3.45. The first-order chi connectivity index (χ1) is 10.7. The molecule has 0 saturated carbocycles. The molecule has 3 rings (SSSR count). The number of ether oxygens (including phenoxy) is 1. The topological polar surface area (TPSA) is 68.4 Å². The van der Waals surface area contributed by atoms with Crippen molar-refractivity contribution in [3.05, 3.63) is 47.1 Å². The van der Waals surface area contributed by atoms with Crippen molar-refractivity contribution in [1.82, 2.24) is 10.1 Å². The average Bonchev–Trinajstić information content (AvgIpc) is 2.92. The second-order valence-corrected chi connectivity index (χ2v) is 6.84. The van der Waals surface area contributed by atoms with Crippen molar-refractivity contribution in [3.63, 3.8) is 0 Å². The summed E-state index contributed by atoms with van der Waals surface area (Å²) in [7, 11) is 0. The largest absolute Gasteiger partial charge is 0.396 e. The molecule has 0 spiro atoms. The van der Waals surface area contributed by atoms with Gasteiger partial charge in [0.25, 0.3) is 0 Å². The summed E-state index contributed by atoms with van der Waals surface area (Å²) in [6.07, 6.45) is 0.665. The highest BCUT2D eigenvalue weighted by Crippen LogP contribution is 2.31. The third-order valence-electron chi connectivity index (χ3n) is 3.90. The molecule has 22 heavy (non-hydrogen) atoms. The van der Waals surface area contributed by atoms with Gasteiger partial charge in [0.2, 0.25) is 5.89 Å². The van der Waals surface area contributed by atoms with Gasteiger partial charge in [0.15, 0.2) is 5.82 Å². The van der Waals surface area contributed by atoms with Crippen LogP contribution in [0.2, 0.25) is 0 Å². The van der Waals surface area contributed by atoms with E-state index in [1.165, 1.54) is 11.1 Å². The van der Waals surface area contributed by atoms with Crippen molar-refractivity contribution in [2.45, 2.75) is 19.1 Å². The number of hydrogen-bond acceptors (Lipinski definition) is 6. The SMILES string of the molecule is Cc1ccccc1Cc1nc(CSCC2(CO)COC2)no1. The maximum Gasteiger partial charge on any atom is 0.231 e. The van der Waals surface area contributed by atoms with Gasteiger partial charge in [-0.25, -0.2) is 0 Å². The van der Waals surface area contributed by atoms with Crippen molar-refractivity contribution < 1.29 is 14.4 Å². The van der Waals surface area contributed by atoms with E-state index in [1.807, 2.05) is 12.1 Å². The summed E-state index contributed by atoms with van der Waals surface area (Å²) in [6.45, 7) is 3.53. The Balaban J connectivity index is 1.52. The molecule has 0 amide bonds. The van der Waals surface area contributed by atoms with Gasteiger partial charge in [-0.2, -0.15) is 16.7 Å². The van der Waals surface area contributed by atoms with Gasteiger partial charge in [0.05, 0.1) is 32.0 Å². The van der Waals surface area contributed by atoms with Crippen LogP contribution in [0.15, 0.2) is 28.8 Å². The maximum absolute atomic E-state index is 9.38. The second kappa shape index (κ2) is 6.81. The molecule has 0 radical (unpaired) electrons. The molecule has 0 unspecified atom stereocenters. The molecule has 6 heteroatoms. The number of rotatable bonds is 7. The molecule has 0 bridgehead atoms. The smallest absolute Gasteiger partial charge is 0.231 e. The van der Waals surface area contributed by atoms with Gasteiger partial charge in [-0.05, 0) is 18.1 Å². The van der Waals surface area contributed by atoms with Gasteiger partial charge >= 0.3 is 0 Å². The van der Waals surface area contributed by atoms with Crippen molar-refractivity contribution in [2.24, 2.45) is 5.41 Å². The van der Waals surface area contributed by atoms with Gasteiger partial charge in [-0.3, -0.25) is 0 Å². The molecular weight excluding hydrogens is 300 g/mol. The van der Waals surface area contributed by atoms with E-state index in [-0.39, 0.29) is 12.0 Å². The van der Waals surface area contributed by atoms with Crippen LogP contribution in [0.5, 0.6) is 0 Å². The predicted molar refractivity (Wildman–Crippen MR) is 84.8 cm³/mol. The molecule has 1 saturated heterocycles. The van der Waals surface area contributed by atoms with Gasteiger partial charge in [0.1, 0.15) is 0 Å². The minimum Gasteiger partial charge on any atom is -0.396 e. The number of nitrogens with zero attached hydrogens (tertiary/aromatic N) is 2. The highest BCUT2D eigenvalue weighted by molar-refractivity contribution is 7.98. The Bertz CT molecular complexity index is 620. The number of aromatic nitrogens is 2. The Morgan fingerprint density at radius 2 is 2.14 bits per heavy atom. The molecule has 1 aliphatic rings. The zero-order valence-electron chi connectivity index (χ0n) is 12.6. The van der Waals surface area contributed by atoms with E-state index < -0.39 is 0 Å². The summed E-state index contributed by atoms with van der Waals surface area (Å²) >= 11 is 1.71. The normalized spacial score (nSPS) is 16.5. The minimum atomic E-state index is -0.0710. The summed E-state index contributed by atoms with van der Waals surface area (Å²) in [6, 6.07) is 8.20. The summed E-state index contributed by atoms with van der Waals surface area (Å²) < 4.78 is 10.5. The van der Waals surface area contributed by atoms with Crippen molar-refractivity contribution in [1.29, 1.82) is 0 Å². The average molecular weight is 320 g/mol. The van der Waals surface area contributed by atoms with Crippen LogP contribution < -0.4 is 0 Å². The molecular formula is C16H20N2O3S. The van der Waals surface area contributed by atoms with E-state index in [9.17, 15) is 5.11 Å². The van der Waals surface area contributed by atoms with Crippen LogP contribution in [-0.2, 0) is 16.9 Å². The fourth-order valence-electron chi connectivity index (χ4n) is 2.36. The molecule has 1 aromatic carbocycles. The summed E-state index contributed by atoms with van der Waals surface area (Å²) in [4.78, 5) is 4.44. The van der Waals surface area contributed by atoms with Crippen LogP contribution in [0.25, 0.3) is 0 Å². The zero-order valence-corrected chi connectivity index (χ0v) is 13.4. The summed E-state index contributed by atoms with van der Waals surface area (Å²) in [5, 5.41) is 13.4. The highest BCUT2D eigenvalue weighted by Gasteiger charge is 2.37. The van der Waals surface area contributed by atoms with E-state index in [0.29, 0.717) is 37.1 Å². The van der Waals surface area contributed by atoms with Crippen molar-refractivity contribution in [3.8, 4) is 0 Å². The first-order valence-electron chi connectivity index (χ1n) is 7.33. The Labute approximate surface area is 134 Å². The molecule has 1 fully saturated rings. The number of hydrogen-bond donors (Lipinski definition) is 1. The third kappa shape index (κ3) is 3.51. The van der Waals surface area contributed by atoms with Crippen LogP contribution in [0.1, 0.15) is 22.8 Å². The molecule has 2 heterocycles. The zero-order chi connectivity index (χ0) is 15.4. The first kappa shape index (κ1) is 15.5. The molecule has 5 nitrogen and oxygen atoms in total. The van der Waals surface area contributed by atoms with E-state index >= 15 is 0 Å². The number of aliphatic hydroxyl groups excluding tert-OH is 1. The van der Waals surface area contributed by atoms with E-state index in [1.54, 1.807) is 11.8 Å². The molecule has 0 aliphatic carbocycles. The molecule has 1 aliphatic heterocycles. The van der Waals surface area contributed by atoms with Crippen molar-refractivity contribution in [2.75, 3.05) is 25.6 Å². The van der Waals surface area contributed by atoms with Crippen LogP contribution in [0.4, 0.5) is 0 Å². The number of aryl methyl sites for hydroxylation is 1. The number of aliphatic hydroxyl groups is 1. The maximum atomic E-state index is 9.38. The van der Waals surface area contributed by atoms with Crippen LogP contribution in [0, 0.1) is 12.3 Å². The lowest BCUT2D eigenvalue weighted by molar-refractivity contribution is -0.121. The van der Waals surface area contributed by atoms with Crippen LogP contribution in [0.3, 0.4) is 0 Å². The van der Waals surface area contributed by atoms with E-state index in [0.717, 1.165) is 5.75 Å². The molecule has 0 atom stereocenters. The minimum absolute atomic E-state index is 0.0710. The first-order valence-corrected chi connectivity index (χ1v) is 8.49. The van der Waals surface area contributed by atoms with E-state index in [2.05, 4.69) is 29.2 Å². The van der Waals surface area contributed by atoms with Crippen LogP contribution in [-0.4, -0.2) is 40.8 Å². The Morgan fingerprint density at radius 3 is 2.82 bits per heavy atom. The predicted octanol–water partition coefficient (Wildman–Crippen LogP) is 2.21. The Kier molecular flexibility index (Phi) is 4.81. The Morgan fingerprint density at radius 1 is 1.32 bits per heavy atom. The Hall–Kier alpha value is -1.37. The van der Waals surface area contributed by atoms with Gasteiger partial charge in [-0.1, -0.05) is 29.4 Å². The lowest BCUT2D eigenvalue weighted by atomic mass is 9.90. The van der Waals surface area contributed by atoms with Crippen LogP contribution >= 0.6 is 11.8 Å². The van der Waals surface area contributed by atoms with Crippen molar-refractivity contribution >= 4 is 11.8 Å². The highest BCUT2D eigenvalue weighted by atomic mass is 32.2. The van der Waals surface area contributed by atoms with Gasteiger partial charge in [0, 0.05) is 11.2 Å². The second-order valence-electron chi connectivity index (χ2n) is 5.85. The molecule has 118 valence electrons. The monoisotopic (exact) mass is 320 g/mol. The fraction of sp³-hybridized carbons (Fsp3) is 0.500. The molecule has 1 aromatic heterocycles. The quantitative estimate of drug-likeness (QED) is 0.843. The van der Waals surface area contributed by atoms with E-state index in [4.69, 9.17) is 9.26 Å². The third-order valence-corrected chi connectivity index (χ3v) is 5.18.